The first-order valence-corrected chi connectivity index (χ1v) is 6.59. The van der Waals surface area contributed by atoms with E-state index in [1.807, 2.05) is 43.3 Å². The highest BCUT2D eigenvalue weighted by Gasteiger charge is 2.09. The van der Waals surface area contributed by atoms with Crippen LogP contribution in [0.4, 0.5) is 0 Å². The summed E-state index contributed by atoms with van der Waals surface area (Å²) in [6, 6.07) is 13.6. The van der Waals surface area contributed by atoms with Crippen LogP contribution in [-0.2, 0) is 0 Å². The number of aromatic nitrogens is 2. The Morgan fingerprint density at radius 1 is 0.895 bits per heavy atom. The van der Waals surface area contributed by atoms with Crippen LogP contribution in [0.2, 0.25) is 10.3 Å². The van der Waals surface area contributed by atoms with Crippen molar-refractivity contribution in [3.63, 3.8) is 0 Å². The van der Waals surface area contributed by atoms with Gasteiger partial charge in [0.05, 0.1) is 11.2 Å². The topological polar surface area (TPSA) is 25.8 Å². The van der Waals surface area contributed by atoms with Gasteiger partial charge < -0.3 is 0 Å². The first kappa shape index (κ1) is 12.4. The van der Waals surface area contributed by atoms with Gasteiger partial charge in [0.15, 0.2) is 0 Å². The second kappa shape index (κ2) is 4.80. The maximum absolute atomic E-state index is 6.05. The molecule has 0 saturated heterocycles. The molecule has 2 aromatic carbocycles. The van der Waals surface area contributed by atoms with Crippen molar-refractivity contribution >= 4 is 34.1 Å². The Labute approximate surface area is 121 Å². The van der Waals surface area contributed by atoms with Crippen molar-refractivity contribution in [3.05, 3.63) is 58.3 Å². The molecule has 2 nitrogen and oxygen atoms in total. The minimum absolute atomic E-state index is 0.241. The van der Waals surface area contributed by atoms with E-state index in [0.29, 0.717) is 5.02 Å². The summed E-state index contributed by atoms with van der Waals surface area (Å²) in [4.78, 5) is 8.55. The maximum atomic E-state index is 6.05. The van der Waals surface area contributed by atoms with Crippen molar-refractivity contribution in [2.75, 3.05) is 0 Å². The minimum atomic E-state index is 0.241. The fraction of sp³-hybridized carbons (Fsp3) is 0.0667. The standard InChI is InChI=1S/C15H10Cl2N2/c1-9-2-4-10(5-3-9)14-12-8-11(16)6-7-13(12)18-15(17)19-14/h2-8H,1H3. The van der Waals surface area contributed by atoms with Crippen molar-refractivity contribution < 1.29 is 0 Å². The molecular weight excluding hydrogens is 279 g/mol. The zero-order valence-electron chi connectivity index (χ0n) is 10.2. The highest BCUT2D eigenvalue weighted by atomic mass is 35.5. The molecule has 0 aliphatic heterocycles. The van der Waals surface area contributed by atoms with E-state index >= 15 is 0 Å². The third kappa shape index (κ3) is 2.42. The molecule has 0 amide bonds. The quantitative estimate of drug-likeness (QED) is 0.595. The lowest BCUT2D eigenvalue weighted by molar-refractivity contribution is 1.22. The SMILES string of the molecule is Cc1ccc(-c2nc(Cl)nc3ccc(Cl)cc23)cc1. The monoisotopic (exact) mass is 288 g/mol. The van der Waals surface area contributed by atoms with Crippen molar-refractivity contribution in [1.82, 2.24) is 9.97 Å². The predicted molar refractivity (Wildman–Crippen MR) is 79.7 cm³/mol. The molecule has 94 valence electrons. The lowest BCUT2D eigenvalue weighted by Gasteiger charge is -2.07. The molecule has 1 heterocycles. The summed E-state index contributed by atoms with van der Waals surface area (Å²) in [5.41, 5.74) is 3.80. The van der Waals surface area contributed by atoms with Crippen LogP contribution < -0.4 is 0 Å². The number of rotatable bonds is 1. The molecule has 3 aromatic rings. The normalized spacial score (nSPS) is 10.9. The third-order valence-electron chi connectivity index (χ3n) is 2.96. The van der Waals surface area contributed by atoms with Gasteiger partial charge >= 0.3 is 0 Å². The zero-order valence-corrected chi connectivity index (χ0v) is 11.7. The molecule has 0 atom stereocenters. The third-order valence-corrected chi connectivity index (χ3v) is 3.36. The maximum Gasteiger partial charge on any atom is 0.223 e. The summed E-state index contributed by atoms with van der Waals surface area (Å²) in [6.07, 6.45) is 0. The molecule has 0 saturated carbocycles. The lowest BCUT2D eigenvalue weighted by atomic mass is 10.1. The number of halogens is 2. The van der Waals surface area contributed by atoms with Crippen LogP contribution in [0.25, 0.3) is 22.2 Å². The summed E-state index contributed by atoms with van der Waals surface area (Å²) >= 11 is 12.0. The second-order valence-electron chi connectivity index (χ2n) is 4.37. The van der Waals surface area contributed by atoms with Gasteiger partial charge in [0.25, 0.3) is 0 Å². The molecular formula is C15H10Cl2N2. The fourth-order valence-corrected chi connectivity index (χ4v) is 2.35. The number of fused-ring (bicyclic) bond motifs is 1. The summed E-state index contributed by atoms with van der Waals surface area (Å²) in [6.45, 7) is 2.05. The Balaban J connectivity index is 2.32. The first-order chi connectivity index (χ1) is 9.13. The summed E-state index contributed by atoms with van der Waals surface area (Å²) < 4.78 is 0. The van der Waals surface area contributed by atoms with Crippen molar-refractivity contribution in [2.45, 2.75) is 6.92 Å². The Bertz CT molecular complexity index is 752. The van der Waals surface area contributed by atoms with E-state index in [9.17, 15) is 0 Å². The molecule has 1 aromatic heterocycles. The molecule has 0 N–H and O–H groups in total. The van der Waals surface area contributed by atoms with E-state index in [-0.39, 0.29) is 5.28 Å². The highest BCUT2D eigenvalue weighted by molar-refractivity contribution is 6.31. The smallest absolute Gasteiger partial charge is 0.218 e. The van der Waals surface area contributed by atoms with Gasteiger partial charge in [-0.3, -0.25) is 0 Å². The number of aryl methyl sites for hydroxylation is 1. The van der Waals surface area contributed by atoms with Crippen LogP contribution >= 0.6 is 23.2 Å². The van der Waals surface area contributed by atoms with Gasteiger partial charge in [-0.1, -0.05) is 41.4 Å². The van der Waals surface area contributed by atoms with Gasteiger partial charge in [-0.2, -0.15) is 0 Å². The minimum Gasteiger partial charge on any atom is -0.218 e. The van der Waals surface area contributed by atoms with Crippen molar-refractivity contribution in [2.24, 2.45) is 0 Å². The molecule has 0 aliphatic rings. The van der Waals surface area contributed by atoms with Crippen molar-refractivity contribution in [1.29, 1.82) is 0 Å². The second-order valence-corrected chi connectivity index (χ2v) is 5.14. The Kier molecular flexibility index (Phi) is 3.13. The van der Waals surface area contributed by atoms with E-state index in [1.165, 1.54) is 5.56 Å². The highest BCUT2D eigenvalue weighted by Crippen LogP contribution is 2.29. The van der Waals surface area contributed by atoms with Crippen LogP contribution in [0.5, 0.6) is 0 Å². The van der Waals surface area contributed by atoms with E-state index in [4.69, 9.17) is 23.2 Å². The molecule has 0 aliphatic carbocycles. The van der Waals surface area contributed by atoms with Crippen LogP contribution in [0.15, 0.2) is 42.5 Å². The Morgan fingerprint density at radius 2 is 1.63 bits per heavy atom. The molecule has 0 spiro atoms. The molecule has 0 fully saturated rings. The number of hydrogen-bond donors (Lipinski definition) is 0. The first-order valence-electron chi connectivity index (χ1n) is 5.83. The van der Waals surface area contributed by atoms with Crippen LogP contribution in [0, 0.1) is 6.92 Å². The average molecular weight is 289 g/mol. The number of benzene rings is 2. The summed E-state index contributed by atoms with van der Waals surface area (Å²) in [7, 11) is 0. The molecule has 0 bridgehead atoms. The van der Waals surface area contributed by atoms with Crippen LogP contribution in [-0.4, -0.2) is 9.97 Å². The largest absolute Gasteiger partial charge is 0.223 e. The average Bonchev–Trinajstić information content (AvgIpc) is 2.39. The molecule has 19 heavy (non-hydrogen) atoms. The molecule has 4 heteroatoms. The van der Waals surface area contributed by atoms with Gasteiger partial charge in [-0.15, -0.1) is 0 Å². The van der Waals surface area contributed by atoms with E-state index in [0.717, 1.165) is 22.2 Å². The van der Waals surface area contributed by atoms with Gasteiger partial charge in [-0.05, 0) is 36.7 Å². The number of hydrogen-bond acceptors (Lipinski definition) is 2. The Morgan fingerprint density at radius 3 is 2.37 bits per heavy atom. The number of nitrogens with zero attached hydrogens (tertiary/aromatic N) is 2. The molecule has 0 radical (unpaired) electrons. The van der Waals surface area contributed by atoms with Gasteiger partial charge in [0.2, 0.25) is 5.28 Å². The van der Waals surface area contributed by atoms with Crippen LogP contribution in [0.3, 0.4) is 0 Å². The van der Waals surface area contributed by atoms with E-state index in [2.05, 4.69) is 9.97 Å². The van der Waals surface area contributed by atoms with E-state index < -0.39 is 0 Å². The van der Waals surface area contributed by atoms with Crippen molar-refractivity contribution in [3.8, 4) is 11.3 Å². The fourth-order valence-electron chi connectivity index (χ4n) is 2.00. The van der Waals surface area contributed by atoms with Gasteiger partial charge in [-0.25, -0.2) is 9.97 Å². The van der Waals surface area contributed by atoms with Crippen LogP contribution in [0.1, 0.15) is 5.56 Å². The zero-order chi connectivity index (χ0) is 13.4. The Hall–Kier alpha value is -1.64. The predicted octanol–water partition coefficient (Wildman–Crippen LogP) is 4.91. The lowest BCUT2D eigenvalue weighted by Crippen LogP contribution is -1.91. The molecule has 3 rings (SSSR count). The van der Waals surface area contributed by atoms with Gasteiger partial charge in [0.1, 0.15) is 0 Å². The molecule has 0 unspecified atom stereocenters. The summed E-state index contributed by atoms with van der Waals surface area (Å²) in [5.74, 6) is 0. The van der Waals surface area contributed by atoms with Gasteiger partial charge in [0, 0.05) is 16.0 Å². The summed E-state index contributed by atoms with van der Waals surface area (Å²) in [5, 5.41) is 1.80. The van der Waals surface area contributed by atoms with E-state index in [1.54, 1.807) is 6.07 Å².